The topological polar surface area (TPSA) is 80.9 Å². The molecule has 0 bridgehead atoms. The van der Waals surface area contributed by atoms with Gasteiger partial charge in [-0.2, -0.15) is 9.36 Å². The fourth-order valence-corrected chi connectivity index (χ4v) is 3.41. The standard InChI is InChI=1S/C12H14N4OS3/c1-2-18-12-15-11(20-16-12)14-10(17)7-19-9-5-3-4-8(13)6-9/h3-6H,2,7,13H2,1H3,(H,14,15,16,17). The van der Waals surface area contributed by atoms with Gasteiger partial charge in [-0.1, -0.05) is 24.8 Å². The fourth-order valence-electron chi connectivity index (χ4n) is 1.36. The molecule has 0 aliphatic carbocycles. The summed E-state index contributed by atoms with van der Waals surface area (Å²) in [5.74, 6) is 1.14. The lowest BCUT2D eigenvalue weighted by molar-refractivity contribution is -0.113. The van der Waals surface area contributed by atoms with Gasteiger partial charge in [0.25, 0.3) is 0 Å². The van der Waals surface area contributed by atoms with Crippen LogP contribution in [0.2, 0.25) is 0 Å². The molecule has 1 aromatic carbocycles. The predicted molar refractivity (Wildman–Crippen MR) is 86.5 cm³/mol. The van der Waals surface area contributed by atoms with Crippen molar-refractivity contribution in [1.29, 1.82) is 0 Å². The van der Waals surface area contributed by atoms with E-state index in [2.05, 4.69) is 14.7 Å². The van der Waals surface area contributed by atoms with Crippen molar-refractivity contribution in [3.63, 3.8) is 0 Å². The highest BCUT2D eigenvalue weighted by atomic mass is 32.2. The monoisotopic (exact) mass is 326 g/mol. The number of rotatable bonds is 6. The molecule has 0 atom stereocenters. The molecule has 0 aliphatic heterocycles. The summed E-state index contributed by atoms with van der Waals surface area (Å²) in [6.07, 6.45) is 0. The van der Waals surface area contributed by atoms with E-state index in [4.69, 9.17) is 5.73 Å². The first kappa shape index (κ1) is 15.1. The van der Waals surface area contributed by atoms with E-state index in [0.717, 1.165) is 10.6 Å². The van der Waals surface area contributed by atoms with Gasteiger partial charge in [-0.15, -0.1) is 11.8 Å². The third kappa shape index (κ3) is 4.69. The van der Waals surface area contributed by atoms with Gasteiger partial charge >= 0.3 is 0 Å². The van der Waals surface area contributed by atoms with E-state index in [9.17, 15) is 4.79 Å². The number of nitrogen functional groups attached to an aromatic ring is 1. The number of carbonyl (C=O) groups excluding carboxylic acids is 1. The van der Waals surface area contributed by atoms with Crippen LogP contribution in [0, 0.1) is 0 Å². The van der Waals surface area contributed by atoms with Gasteiger partial charge in [-0.25, -0.2) is 0 Å². The number of hydrogen-bond acceptors (Lipinski definition) is 7. The smallest absolute Gasteiger partial charge is 0.236 e. The van der Waals surface area contributed by atoms with Gasteiger partial charge in [-0.3, -0.25) is 10.1 Å². The molecule has 0 unspecified atom stereocenters. The minimum Gasteiger partial charge on any atom is -0.399 e. The quantitative estimate of drug-likeness (QED) is 0.627. The van der Waals surface area contributed by atoms with E-state index in [-0.39, 0.29) is 5.91 Å². The summed E-state index contributed by atoms with van der Waals surface area (Å²) in [6.45, 7) is 2.03. The highest BCUT2D eigenvalue weighted by Gasteiger charge is 2.08. The predicted octanol–water partition coefficient (Wildman–Crippen LogP) is 2.96. The van der Waals surface area contributed by atoms with E-state index >= 15 is 0 Å². The molecule has 1 heterocycles. The average Bonchev–Trinajstić information content (AvgIpc) is 2.84. The minimum atomic E-state index is -0.0957. The lowest BCUT2D eigenvalue weighted by Crippen LogP contribution is -2.13. The van der Waals surface area contributed by atoms with Crippen LogP contribution in [0.4, 0.5) is 10.8 Å². The SMILES string of the molecule is CCSc1nsc(NC(=O)CSc2cccc(N)c2)n1. The zero-order valence-corrected chi connectivity index (χ0v) is 13.3. The molecule has 106 valence electrons. The Bertz CT molecular complexity index is 588. The van der Waals surface area contributed by atoms with Crippen LogP contribution in [0.25, 0.3) is 0 Å². The second kappa shape index (κ2) is 7.51. The van der Waals surface area contributed by atoms with Gasteiger partial charge in [0.2, 0.25) is 16.2 Å². The van der Waals surface area contributed by atoms with Gasteiger partial charge in [0.1, 0.15) is 0 Å². The van der Waals surface area contributed by atoms with Crippen LogP contribution in [0.1, 0.15) is 6.92 Å². The molecule has 0 aliphatic rings. The number of nitrogens with zero attached hydrogens (tertiary/aromatic N) is 2. The van der Waals surface area contributed by atoms with E-state index in [1.54, 1.807) is 11.8 Å². The Morgan fingerprint density at radius 2 is 2.30 bits per heavy atom. The number of amides is 1. The summed E-state index contributed by atoms with van der Waals surface area (Å²) in [6, 6.07) is 7.46. The van der Waals surface area contributed by atoms with Crippen molar-refractivity contribution in [2.45, 2.75) is 17.0 Å². The third-order valence-corrected chi connectivity index (χ3v) is 4.62. The number of aromatic nitrogens is 2. The summed E-state index contributed by atoms with van der Waals surface area (Å²) >= 11 is 4.19. The van der Waals surface area contributed by atoms with E-state index in [1.807, 2.05) is 31.2 Å². The second-order valence-electron chi connectivity index (χ2n) is 3.72. The molecule has 1 aromatic heterocycles. The molecule has 8 heteroatoms. The molecule has 2 rings (SSSR count). The second-order valence-corrected chi connectivity index (χ2v) is 6.76. The molecule has 0 saturated carbocycles. The van der Waals surface area contributed by atoms with Crippen molar-refractivity contribution in [3.8, 4) is 0 Å². The highest BCUT2D eigenvalue weighted by molar-refractivity contribution is 8.00. The number of carbonyl (C=O) groups is 1. The lowest BCUT2D eigenvalue weighted by atomic mass is 10.3. The fraction of sp³-hybridized carbons (Fsp3) is 0.250. The molecular formula is C12H14N4OS3. The third-order valence-electron chi connectivity index (χ3n) is 2.16. The molecule has 0 spiro atoms. The molecule has 3 N–H and O–H groups in total. The van der Waals surface area contributed by atoms with Gasteiger partial charge in [0.15, 0.2) is 0 Å². The van der Waals surface area contributed by atoms with Gasteiger partial charge in [0.05, 0.1) is 5.75 Å². The van der Waals surface area contributed by atoms with Crippen molar-refractivity contribution in [2.24, 2.45) is 0 Å². The maximum Gasteiger partial charge on any atom is 0.236 e. The van der Waals surface area contributed by atoms with Crippen molar-refractivity contribution in [1.82, 2.24) is 9.36 Å². The number of thioether (sulfide) groups is 2. The van der Waals surface area contributed by atoms with Crippen molar-refractivity contribution in [2.75, 3.05) is 22.6 Å². The van der Waals surface area contributed by atoms with Crippen molar-refractivity contribution >= 4 is 51.8 Å². The Morgan fingerprint density at radius 3 is 3.05 bits per heavy atom. The minimum absolute atomic E-state index is 0.0957. The summed E-state index contributed by atoms with van der Waals surface area (Å²) < 4.78 is 4.14. The number of benzene rings is 1. The molecule has 1 amide bonds. The van der Waals surface area contributed by atoms with Crippen LogP contribution in [-0.4, -0.2) is 26.8 Å². The molecule has 2 aromatic rings. The Balaban J connectivity index is 1.82. The molecule has 0 saturated heterocycles. The molecule has 20 heavy (non-hydrogen) atoms. The maximum absolute atomic E-state index is 11.8. The van der Waals surface area contributed by atoms with Crippen LogP contribution in [0.5, 0.6) is 0 Å². The summed E-state index contributed by atoms with van der Waals surface area (Å²) in [5, 5.41) is 3.99. The first-order valence-corrected chi connectivity index (χ1v) is 8.66. The molecular weight excluding hydrogens is 312 g/mol. The Hall–Kier alpha value is -1.25. The lowest BCUT2D eigenvalue weighted by Gasteiger charge is -2.02. The molecule has 5 nitrogen and oxygen atoms in total. The largest absolute Gasteiger partial charge is 0.399 e. The maximum atomic E-state index is 11.8. The van der Waals surface area contributed by atoms with Crippen molar-refractivity contribution in [3.05, 3.63) is 24.3 Å². The van der Waals surface area contributed by atoms with Crippen molar-refractivity contribution < 1.29 is 4.79 Å². The van der Waals surface area contributed by atoms with Gasteiger partial charge in [0, 0.05) is 22.1 Å². The molecule has 0 radical (unpaired) electrons. The first-order chi connectivity index (χ1) is 9.67. The van der Waals surface area contributed by atoms with Crippen LogP contribution < -0.4 is 11.1 Å². The Morgan fingerprint density at radius 1 is 1.45 bits per heavy atom. The van der Waals surface area contributed by atoms with Gasteiger partial charge < -0.3 is 5.73 Å². The summed E-state index contributed by atoms with van der Waals surface area (Å²) in [5.41, 5.74) is 6.38. The van der Waals surface area contributed by atoms with Crippen LogP contribution in [0.3, 0.4) is 0 Å². The summed E-state index contributed by atoms with van der Waals surface area (Å²) in [7, 11) is 0. The van der Waals surface area contributed by atoms with Crippen LogP contribution >= 0.6 is 35.1 Å². The highest BCUT2D eigenvalue weighted by Crippen LogP contribution is 2.22. The zero-order valence-electron chi connectivity index (χ0n) is 10.8. The normalized spacial score (nSPS) is 10.4. The van der Waals surface area contributed by atoms with Crippen LogP contribution in [-0.2, 0) is 4.79 Å². The van der Waals surface area contributed by atoms with E-state index in [0.29, 0.717) is 21.7 Å². The summed E-state index contributed by atoms with van der Waals surface area (Å²) in [4.78, 5) is 17.0. The first-order valence-electron chi connectivity index (χ1n) is 5.92. The van der Waals surface area contributed by atoms with E-state index in [1.165, 1.54) is 23.3 Å². The number of hydrogen-bond donors (Lipinski definition) is 2. The average molecular weight is 326 g/mol. The Kier molecular flexibility index (Phi) is 5.69. The van der Waals surface area contributed by atoms with E-state index < -0.39 is 0 Å². The Labute approximate surface area is 129 Å². The van der Waals surface area contributed by atoms with Crippen LogP contribution in [0.15, 0.2) is 34.3 Å². The molecule has 0 fully saturated rings. The number of nitrogens with two attached hydrogens (primary N) is 1. The number of nitrogens with one attached hydrogen (secondary N) is 1. The zero-order chi connectivity index (χ0) is 14.4. The van der Waals surface area contributed by atoms with Gasteiger partial charge in [-0.05, 0) is 24.0 Å². The number of anilines is 2.